The molecule has 4 rings (SSSR count). The van der Waals surface area contributed by atoms with Gasteiger partial charge in [-0.1, -0.05) is 94.2 Å². The minimum Gasteiger partial charge on any atom is -0.206 e. The van der Waals surface area contributed by atoms with Crippen LogP contribution >= 0.6 is 0 Å². The van der Waals surface area contributed by atoms with Gasteiger partial charge in [0.2, 0.25) is 0 Å². The number of benzene rings is 2. The quantitative estimate of drug-likeness (QED) is 0.359. The molecule has 0 radical (unpaired) electrons. The number of rotatable bonds is 8. The van der Waals surface area contributed by atoms with Crippen molar-refractivity contribution in [2.45, 2.75) is 84.0 Å². The first-order valence-corrected chi connectivity index (χ1v) is 12.5. The van der Waals surface area contributed by atoms with Gasteiger partial charge in [-0.25, -0.2) is 13.2 Å². The lowest BCUT2D eigenvalue weighted by Crippen LogP contribution is -2.15. The Kier molecular flexibility index (Phi) is 7.75. The standard InChI is InChI=1S/C29H35F3/c1-2-3-4-6-20-9-11-21(12-10-20)13-14-22-15-17-24-23(19-22)16-18-26(28(24)31)25-7-5-8-27(30)29(25)32/h5,7-8,16,18-21H,2-4,6,9-15,17H2,1H3. The molecular formula is C29H35F3. The van der Waals surface area contributed by atoms with Crippen molar-refractivity contribution in [1.82, 2.24) is 0 Å². The summed E-state index contributed by atoms with van der Waals surface area (Å²) in [6, 6.07) is 7.36. The van der Waals surface area contributed by atoms with Gasteiger partial charge in [0, 0.05) is 11.1 Å². The summed E-state index contributed by atoms with van der Waals surface area (Å²) in [6.45, 7) is 2.27. The van der Waals surface area contributed by atoms with Gasteiger partial charge in [0.05, 0.1) is 0 Å². The molecule has 0 saturated heterocycles. The van der Waals surface area contributed by atoms with Crippen LogP contribution < -0.4 is 0 Å². The molecule has 0 spiro atoms. The Labute approximate surface area is 190 Å². The summed E-state index contributed by atoms with van der Waals surface area (Å²) < 4.78 is 43.0. The summed E-state index contributed by atoms with van der Waals surface area (Å²) in [4.78, 5) is 0. The number of allylic oxidation sites excluding steroid dienone is 1. The summed E-state index contributed by atoms with van der Waals surface area (Å²) in [5.74, 6) is -0.576. The zero-order valence-corrected chi connectivity index (χ0v) is 19.2. The monoisotopic (exact) mass is 440 g/mol. The van der Waals surface area contributed by atoms with Gasteiger partial charge in [-0.2, -0.15) is 0 Å². The fourth-order valence-electron chi connectivity index (χ4n) is 5.60. The minimum atomic E-state index is -0.988. The molecule has 172 valence electrons. The maximum absolute atomic E-state index is 15.2. The van der Waals surface area contributed by atoms with Crippen molar-refractivity contribution >= 4 is 6.08 Å². The van der Waals surface area contributed by atoms with Crippen LogP contribution in [-0.2, 0) is 6.42 Å². The van der Waals surface area contributed by atoms with E-state index >= 15 is 4.39 Å². The van der Waals surface area contributed by atoms with Gasteiger partial charge in [0.25, 0.3) is 0 Å². The Morgan fingerprint density at radius 2 is 1.50 bits per heavy atom. The van der Waals surface area contributed by atoms with E-state index in [1.807, 2.05) is 6.07 Å². The third kappa shape index (κ3) is 5.30. The van der Waals surface area contributed by atoms with Crippen LogP contribution in [0.1, 0.15) is 88.7 Å². The lowest BCUT2D eigenvalue weighted by atomic mass is 9.77. The van der Waals surface area contributed by atoms with Crippen molar-refractivity contribution in [2.24, 2.45) is 11.8 Å². The van der Waals surface area contributed by atoms with Crippen molar-refractivity contribution in [3.63, 3.8) is 0 Å². The van der Waals surface area contributed by atoms with Crippen LogP contribution in [-0.4, -0.2) is 0 Å². The predicted molar refractivity (Wildman–Crippen MR) is 127 cm³/mol. The molecule has 0 aromatic heterocycles. The fraction of sp³-hybridized carbons (Fsp3) is 0.517. The molecule has 2 aromatic rings. The summed E-state index contributed by atoms with van der Waals surface area (Å²) in [6.07, 6.45) is 16.9. The molecule has 0 nitrogen and oxygen atoms in total. The number of hydrogen-bond donors (Lipinski definition) is 0. The molecule has 2 aliphatic rings. The predicted octanol–water partition coefficient (Wildman–Crippen LogP) is 9.27. The Bertz CT molecular complexity index is 951. The lowest BCUT2D eigenvalue weighted by Gasteiger charge is -2.29. The van der Waals surface area contributed by atoms with Crippen LogP contribution in [0.15, 0.2) is 35.9 Å². The highest BCUT2D eigenvalue weighted by Gasteiger charge is 2.23. The second-order valence-electron chi connectivity index (χ2n) is 9.82. The number of fused-ring (bicyclic) bond motifs is 1. The maximum Gasteiger partial charge on any atom is 0.166 e. The lowest BCUT2D eigenvalue weighted by molar-refractivity contribution is 0.249. The van der Waals surface area contributed by atoms with E-state index in [1.165, 1.54) is 75.5 Å². The molecule has 2 aromatic carbocycles. The second kappa shape index (κ2) is 10.7. The van der Waals surface area contributed by atoms with E-state index in [0.29, 0.717) is 12.0 Å². The maximum atomic E-state index is 15.2. The van der Waals surface area contributed by atoms with Gasteiger partial charge in [0.1, 0.15) is 5.82 Å². The molecule has 0 atom stereocenters. The summed E-state index contributed by atoms with van der Waals surface area (Å²) >= 11 is 0. The normalized spacial score (nSPS) is 20.7. The molecule has 32 heavy (non-hydrogen) atoms. The van der Waals surface area contributed by atoms with Crippen LogP contribution in [0.3, 0.4) is 0 Å². The van der Waals surface area contributed by atoms with Crippen molar-refractivity contribution in [1.29, 1.82) is 0 Å². The Balaban J connectivity index is 1.36. The van der Waals surface area contributed by atoms with Crippen molar-refractivity contribution in [2.75, 3.05) is 0 Å². The largest absolute Gasteiger partial charge is 0.206 e. The molecule has 1 saturated carbocycles. The van der Waals surface area contributed by atoms with Gasteiger partial charge in [0.15, 0.2) is 11.6 Å². The Morgan fingerprint density at radius 1 is 0.781 bits per heavy atom. The van der Waals surface area contributed by atoms with E-state index in [-0.39, 0.29) is 11.1 Å². The van der Waals surface area contributed by atoms with E-state index in [9.17, 15) is 8.78 Å². The van der Waals surface area contributed by atoms with Gasteiger partial charge < -0.3 is 0 Å². The molecule has 1 fully saturated rings. The van der Waals surface area contributed by atoms with E-state index in [4.69, 9.17) is 0 Å². The molecule has 0 aliphatic heterocycles. The van der Waals surface area contributed by atoms with Crippen molar-refractivity contribution in [3.05, 3.63) is 64.5 Å². The second-order valence-corrected chi connectivity index (χ2v) is 9.82. The topological polar surface area (TPSA) is 0 Å². The third-order valence-corrected chi connectivity index (χ3v) is 7.63. The highest BCUT2D eigenvalue weighted by Crippen LogP contribution is 2.38. The average molecular weight is 441 g/mol. The van der Waals surface area contributed by atoms with E-state index < -0.39 is 17.5 Å². The van der Waals surface area contributed by atoms with Crippen LogP contribution in [0.25, 0.3) is 17.2 Å². The van der Waals surface area contributed by atoms with E-state index in [0.717, 1.165) is 36.3 Å². The van der Waals surface area contributed by atoms with Crippen molar-refractivity contribution < 1.29 is 13.2 Å². The first-order valence-electron chi connectivity index (χ1n) is 12.5. The van der Waals surface area contributed by atoms with Gasteiger partial charge >= 0.3 is 0 Å². The van der Waals surface area contributed by atoms with Gasteiger partial charge in [-0.3, -0.25) is 0 Å². The summed E-state index contributed by atoms with van der Waals surface area (Å²) in [5.41, 5.74) is 3.05. The van der Waals surface area contributed by atoms with Crippen LogP contribution in [0.5, 0.6) is 0 Å². The zero-order valence-electron chi connectivity index (χ0n) is 19.2. The number of halogens is 3. The Morgan fingerprint density at radius 3 is 2.25 bits per heavy atom. The molecule has 0 bridgehead atoms. The highest BCUT2D eigenvalue weighted by molar-refractivity contribution is 5.71. The van der Waals surface area contributed by atoms with Crippen LogP contribution in [0.4, 0.5) is 13.2 Å². The number of unbranched alkanes of at least 4 members (excludes halogenated alkanes) is 2. The highest BCUT2D eigenvalue weighted by atomic mass is 19.2. The molecular weight excluding hydrogens is 405 g/mol. The first-order chi connectivity index (χ1) is 15.6. The molecule has 3 heteroatoms. The molecule has 0 heterocycles. The Hall–Kier alpha value is -2.03. The van der Waals surface area contributed by atoms with E-state index in [1.54, 1.807) is 6.07 Å². The zero-order chi connectivity index (χ0) is 22.5. The molecule has 0 N–H and O–H groups in total. The molecule has 2 aliphatic carbocycles. The SMILES string of the molecule is CCCCCC1CCC(CCC2=Cc3ccc(-c4cccc(F)c4F)c(F)c3CC2)CC1. The van der Waals surface area contributed by atoms with Gasteiger partial charge in [-0.05, 0) is 54.7 Å². The van der Waals surface area contributed by atoms with Crippen LogP contribution in [0.2, 0.25) is 0 Å². The summed E-state index contributed by atoms with van der Waals surface area (Å²) in [5, 5.41) is 0. The number of hydrogen-bond acceptors (Lipinski definition) is 0. The third-order valence-electron chi connectivity index (χ3n) is 7.63. The minimum absolute atomic E-state index is 0.00891. The fourth-order valence-corrected chi connectivity index (χ4v) is 5.60. The smallest absolute Gasteiger partial charge is 0.166 e. The first kappa shape index (κ1) is 23.1. The van der Waals surface area contributed by atoms with Crippen LogP contribution in [0, 0.1) is 29.3 Å². The van der Waals surface area contributed by atoms with Gasteiger partial charge in [-0.15, -0.1) is 0 Å². The van der Waals surface area contributed by atoms with Crippen molar-refractivity contribution in [3.8, 4) is 11.1 Å². The summed E-state index contributed by atoms with van der Waals surface area (Å²) in [7, 11) is 0. The van der Waals surface area contributed by atoms with E-state index in [2.05, 4.69) is 13.0 Å². The molecule has 0 amide bonds. The average Bonchev–Trinajstić information content (AvgIpc) is 2.81. The molecule has 0 unspecified atom stereocenters.